The van der Waals surface area contributed by atoms with E-state index in [1.807, 2.05) is 4.90 Å². The fourth-order valence-electron chi connectivity index (χ4n) is 4.10. The van der Waals surface area contributed by atoms with Gasteiger partial charge in [-0.3, -0.25) is 9.59 Å². The summed E-state index contributed by atoms with van der Waals surface area (Å²) in [6.07, 6.45) is 4.35. The van der Waals surface area contributed by atoms with Crippen LogP contribution in [0.25, 0.3) is 0 Å². The molecule has 0 aliphatic carbocycles. The van der Waals surface area contributed by atoms with E-state index in [-0.39, 0.29) is 23.5 Å². The summed E-state index contributed by atoms with van der Waals surface area (Å²) in [5, 5.41) is 6.26. The van der Waals surface area contributed by atoms with Gasteiger partial charge < -0.3 is 15.5 Å². The third kappa shape index (κ3) is 5.51. The van der Waals surface area contributed by atoms with Crippen molar-refractivity contribution in [1.29, 1.82) is 0 Å². The summed E-state index contributed by atoms with van der Waals surface area (Å²) in [6.45, 7) is 5.55. The molecule has 2 N–H and O–H groups in total. The highest BCUT2D eigenvalue weighted by Crippen LogP contribution is 2.25. The lowest BCUT2D eigenvalue weighted by Crippen LogP contribution is -2.43. The molecule has 0 saturated carbocycles. The van der Waals surface area contributed by atoms with Gasteiger partial charge in [0.25, 0.3) is 0 Å². The number of hydrogen-bond donors (Lipinski definition) is 2. The average molecular weight is 375 g/mol. The van der Waals surface area contributed by atoms with E-state index in [1.165, 1.54) is 25.0 Å². The summed E-state index contributed by atoms with van der Waals surface area (Å²) in [5.74, 6) is 0.726. The van der Waals surface area contributed by atoms with Gasteiger partial charge in [0.05, 0.1) is 0 Å². The van der Waals surface area contributed by atoms with Gasteiger partial charge in [-0.1, -0.05) is 6.92 Å². The van der Waals surface area contributed by atoms with E-state index < -0.39 is 0 Å². The average Bonchev–Trinajstić information content (AvgIpc) is 2.70. The van der Waals surface area contributed by atoms with Gasteiger partial charge in [-0.2, -0.15) is 0 Å². The van der Waals surface area contributed by atoms with Crippen molar-refractivity contribution in [2.75, 3.05) is 31.5 Å². The number of piperidine rings is 2. The zero-order chi connectivity index (χ0) is 19.2. The number of benzene rings is 1. The van der Waals surface area contributed by atoms with Crippen LogP contribution in [0, 0.1) is 23.6 Å². The number of carbonyl (C=O) groups is 2. The van der Waals surface area contributed by atoms with E-state index in [1.54, 1.807) is 12.1 Å². The number of nitrogens with one attached hydrogen (secondary N) is 2. The Hall–Kier alpha value is -1.95. The summed E-state index contributed by atoms with van der Waals surface area (Å²) in [6, 6.07) is 5.79. The van der Waals surface area contributed by atoms with Gasteiger partial charge >= 0.3 is 0 Å². The quantitative estimate of drug-likeness (QED) is 0.832. The Labute approximate surface area is 160 Å². The molecule has 27 heavy (non-hydrogen) atoms. The standard InChI is InChI=1S/C21H30FN3O2/c1-15(17-3-2-10-23-14-17)13-20(26)25-11-8-16(9-12-25)21(27)24-19-6-4-18(22)5-7-19/h4-7,15-17,23H,2-3,8-14H2,1H3,(H,24,27). The Balaban J connectivity index is 1.42. The van der Waals surface area contributed by atoms with Crippen molar-refractivity contribution < 1.29 is 14.0 Å². The van der Waals surface area contributed by atoms with E-state index >= 15 is 0 Å². The van der Waals surface area contributed by atoms with E-state index in [2.05, 4.69) is 17.6 Å². The van der Waals surface area contributed by atoms with Gasteiger partial charge in [0, 0.05) is 31.1 Å². The first-order chi connectivity index (χ1) is 13.0. The van der Waals surface area contributed by atoms with Crippen LogP contribution >= 0.6 is 0 Å². The number of halogens is 1. The van der Waals surface area contributed by atoms with Gasteiger partial charge in [-0.05, 0) is 74.9 Å². The zero-order valence-electron chi connectivity index (χ0n) is 16.0. The van der Waals surface area contributed by atoms with Crippen molar-refractivity contribution in [2.24, 2.45) is 17.8 Å². The molecule has 1 aromatic rings. The third-order valence-electron chi connectivity index (χ3n) is 5.97. The molecule has 2 heterocycles. The molecular weight excluding hydrogens is 345 g/mol. The van der Waals surface area contributed by atoms with Gasteiger partial charge in [-0.15, -0.1) is 0 Å². The van der Waals surface area contributed by atoms with E-state index in [4.69, 9.17) is 0 Å². The molecule has 3 rings (SSSR count). The number of nitrogens with zero attached hydrogens (tertiary/aromatic N) is 1. The summed E-state index contributed by atoms with van der Waals surface area (Å²) < 4.78 is 13.0. The van der Waals surface area contributed by atoms with Crippen molar-refractivity contribution in [1.82, 2.24) is 10.2 Å². The van der Waals surface area contributed by atoms with Crippen LogP contribution in [0.15, 0.2) is 24.3 Å². The van der Waals surface area contributed by atoms with Gasteiger partial charge in [0.2, 0.25) is 11.8 Å². The molecule has 2 amide bonds. The monoisotopic (exact) mass is 375 g/mol. The van der Waals surface area contributed by atoms with Crippen LogP contribution in [0.3, 0.4) is 0 Å². The van der Waals surface area contributed by atoms with Gasteiger partial charge in [0.1, 0.15) is 5.82 Å². The number of carbonyl (C=O) groups excluding carboxylic acids is 2. The smallest absolute Gasteiger partial charge is 0.227 e. The minimum atomic E-state index is -0.321. The predicted molar refractivity (Wildman–Crippen MR) is 104 cm³/mol. The Morgan fingerprint density at radius 3 is 2.56 bits per heavy atom. The predicted octanol–water partition coefficient (Wildman–Crippen LogP) is 3.03. The van der Waals surface area contributed by atoms with Crippen LogP contribution in [-0.4, -0.2) is 42.9 Å². The normalized spacial score (nSPS) is 22.3. The SMILES string of the molecule is CC(CC(=O)N1CCC(C(=O)Nc2ccc(F)cc2)CC1)C1CCCNC1. The van der Waals surface area contributed by atoms with Crippen molar-refractivity contribution in [3.8, 4) is 0 Å². The molecule has 2 unspecified atom stereocenters. The zero-order valence-corrected chi connectivity index (χ0v) is 16.0. The number of hydrogen-bond acceptors (Lipinski definition) is 3. The Kier molecular flexibility index (Phi) is 6.83. The molecule has 0 spiro atoms. The van der Waals surface area contributed by atoms with Gasteiger partial charge in [0.15, 0.2) is 0 Å². The second-order valence-electron chi connectivity index (χ2n) is 7.94. The lowest BCUT2D eigenvalue weighted by molar-refractivity contribution is -0.135. The highest BCUT2D eigenvalue weighted by Gasteiger charge is 2.29. The van der Waals surface area contributed by atoms with Crippen LogP contribution in [0.5, 0.6) is 0 Å². The van der Waals surface area contributed by atoms with Crippen LogP contribution < -0.4 is 10.6 Å². The first kappa shape index (κ1) is 19.8. The highest BCUT2D eigenvalue weighted by atomic mass is 19.1. The topological polar surface area (TPSA) is 61.4 Å². The van der Waals surface area contributed by atoms with Crippen LogP contribution in [0.2, 0.25) is 0 Å². The summed E-state index contributed by atoms with van der Waals surface area (Å²) in [5.41, 5.74) is 0.606. The van der Waals surface area contributed by atoms with Crippen LogP contribution in [0.4, 0.5) is 10.1 Å². The fraction of sp³-hybridized carbons (Fsp3) is 0.619. The molecule has 0 aromatic heterocycles. The molecule has 6 heteroatoms. The van der Waals surface area contributed by atoms with E-state index in [9.17, 15) is 14.0 Å². The Morgan fingerprint density at radius 1 is 1.22 bits per heavy atom. The molecular formula is C21H30FN3O2. The van der Waals surface area contributed by atoms with Crippen molar-refractivity contribution in [3.05, 3.63) is 30.1 Å². The maximum absolute atomic E-state index is 13.0. The molecule has 148 valence electrons. The summed E-state index contributed by atoms with van der Waals surface area (Å²) in [7, 11) is 0. The molecule has 2 aliphatic rings. The van der Waals surface area contributed by atoms with Crippen molar-refractivity contribution in [3.63, 3.8) is 0 Å². The fourth-order valence-corrected chi connectivity index (χ4v) is 4.10. The summed E-state index contributed by atoms with van der Waals surface area (Å²) >= 11 is 0. The number of amides is 2. The number of anilines is 1. The van der Waals surface area contributed by atoms with Crippen LogP contribution in [0.1, 0.15) is 39.0 Å². The second-order valence-corrected chi connectivity index (χ2v) is 7.94. The van der Waals surface area contributed by atoms with Gasteiger partial charge in [-0.25, -0.2) is 4.39 Å². The van der Waals surface area contributed by atoms with Crippen molar-refractivity contribution >= 4 is 17.5 Å². The first-order valence-electron chi connectivity index (χ1n) is 10.1. The highest BCUT2D eigenvalue weighted by molar-refractivity contribution is 5.92. The first-order valence-corrected chi connectivity index (χ1v) is 10.1. The van der Waals surface area contributed by atoms with E-state index in [0.717, 1.165) is 13.1 Å². The van der Waals surface area contributed by atoms with Crippen molar-refractivity contribution in [2.45, 2.75) is 39.0 Å². The largest absolute Gasteiger partial charge is 0.343 e. The molecule has 0 radical (unpaired) electrons. The molecule has 2 saturated heterocycles. The molecule has 1 aromatic carbocycles. The molecule has 2 fully saturated rings. The minimum Gasteiger partial charge on any atom is -0.343 e. The lowest BCUT2D eigenvalue weighted by Gasteiger charge is -2.34. The summed E-state index contributed by atoms with van der Waals surface area (Å²) in [4.78, 5) is 26.9. The third-order valence-corrected chi connectivity index (χ3v) is 5.97. The molecule has 2 aliphatic heterocycles. The Morgan fingerprint density at radius 2 is 1.93 bits per heavy atom. The molecule has 2 atom stereocenters. The minimum absolute atomic E-state index is 0.0460. The number of likely N-dealkylation sites (tertiary alicyclic amines) is 1. The number of rotatable bonds is 5. The maximum Gasteiger partial charge on any atom is 0.227 e. The molecule has 5 nitrogen and oxygen atoms in total. The van der Waals surface area contributed by atoms with E-state index in [0.29, 0.717) is 49.9 Å². The molecule has 0 bridgehead atoms. The Bertz CT molecular complexity index is 635. The second kappa shape index (κ2) is 9.31. The maximum atomic E-state index is 13.0. The lowest BCUT2D eigenvalue weighted by atomic mass is 9.85. The van der Waals surface area contributed by atoms with Crippen LogP contribution in [-0.2, 0) is 9.59 Å².